The highest BCUT2D eigenvalue weighted by Gasteiger charge is 2.21. The van der Waals surface area contributed by atoms with Crippen molar-refractivity contribution in [1.29, 1.82) is 0 Å². The number of hydrogen-bond acceptors (Lipinski definition) is 3. The van der Waals surface area contributed by atoms with E-state index < -0.39 is 11.5 Å². The fourth-order valence-electron chi connectivity index (χ4n) is 1.87. The smallest absolute Gasteiger partial charge is 0.248 e. The summed E-state index contributed by atoms with van der Waals surface area (Å²) in [5.74, 6) is -0.251. The Balaban J connectivity index is 2.05. The van der Waals surface area contributed by atoms with Crippen molar-refractivity contribution in [3.63, 3.8) is 0 Å². The van der Waals surface area contributed by atoms with E-state index in [2.05, 4.69) is 15.7 Å². The summed E-state index contributed by atoms with van der Waals surface area (Å²) in [7, 11) is 0. The minimum absolute atomic E-state index is 0.0779. The molecule has 0 saturated heterocycles. The molecule has 2 aromatic rings. The summed E-state index contributed by atoms with van der Waals surface area (Å²) < 4.78 is 1.58. The van der Waals surface area contributed by atoms with Gasteiger partial charge in [0, 0.05) is 29.2 Å². The van der Waals surface area contributed by atoms with Gasteiger partial charge >= 0.3 is 0 Å². The van der Waals surface area contributed by atoms with E-state index in [0.717, 1.165) is 0 Å². The molecule has 6 heteroatoms. The maximum absolute atomic E-state index is 12.2. The van der Waals surface area contributed by atoms with E-state index in [1.54, 1.807) is 54.3 Å². The third-order valence-corrected chi connectivity index (χ3v) is 3.37. The zero-order valence-electron chi connectivity index (χ0n) is 13.8. The third-order valence-electron chi connectivity index (χ3n) is 3.37. The van der Waals surface area contributed by atoms with Crippen LogP contribution in [0.1, 0.15) is 33.7 Å². The van der Waals surface area contributed by atoms with Gasteiger partial charge in [0.05, 0.1) is 0 Å². The van der Waals surface area contributed by atoms with Crippen LogP contribution in [0.15, 0.2) is 42.7 Å². The summed E-state index contributed by atoms with van der Waals surface area (Å²) in [4.78, 5) is 24.3. The van der Waals surface area contributed by atoms with Crippen LogP contribution >= 0.6 is 0 Å². The molecule has 0 aliphatic heterocycles. The van der Waals surface area contributed by atoms with Crippen LogP contribution in [0.3, 0.4) is 0 Å². The first kappa shape index (κ1) is 16.7. The van der Waals surface area contributed by atoms with Crippen LogP contribution in [-0.4, -0.2) is 21.6 Å². The monoisotopic (exact) mass is 314 g/mol. The summed E-state index contributed by atoms with van der Waals surface area (Å²) >= 11 is 0. The van der Waals surface area contributed by atoms with Crippen LogP contribution in [0.4, 0.5) is 11.4 Å². The van der Waals surface area contributed by atoms with E-state index in [1.165, 1.54) is 0 Å². The Morgan fingerprint density at radius 2 is 1.78 bits per heavy atom. The Labute approximate surface area is 135 Å². The van der Waals surface area contributed by atoms with Crippen LogP contribution in [0, 0.1) is 5.41 Å². The average molecular weight is 314 g/mol. The van der Waals surface area contributed by atoms with Gasteiger partial charge in [-0.15, -0.1) is 0 Å². The number of carbonyl (C=O) groups excluding carboxylic acids is 2. The normalized spacial score (nSPS) is 12.5. The van der Waals surface area contributed by atoms with E-state index >= 15 is 0 Å². The number of aromatic nitrogens is 2. The summed E-state index contributed by atoms with van der Waals surface area (Å²) in [5.41, 5.74) is 0.795. The molecular weight excluding hydrogens is 292 g/mol. The predicted molar refractivity (Wildman–Crippen MR) is 90.1 cm³/mol. The molecule has 2 N–H and O–H groups in total. The van der Waals surface area contributed by atoms with Crippen molar-refractivity contribution >= 4 is 23.2 Å². The number of nitrogens with one attached hydrogen (secondary N) is 2. The molecule has 0 aliphatic carbocycles. The first-order valence-electron chi connectivity index (χ1n) is 7.49. The lowest BCUT2D eigenvalue weighted by Gasteiger charge is -2.18. The first-order chi connectivity index (χ1) is 10.8. The molecule has 2 amide bonds. The average Bonchev–Trinajstić information content (AvgIpc) is 2.99. The molecule has 0 radical (unpaired) electrons. The van der Waals surface area contributed by atoms with Crippen LogP contribution in [0.5, 0.6) is 0 Å². The number of rotatable bonds is 4. The van der Waals surface area contributed by atoms with Crippen molar-refractivity contribution in [3.05, 3.63) is 42.7 Å². The fraction of sp³-hybridized carbons (Fsp3) is 0.353. The van der Waals surface area contributed by atoms with Gasteiger partial charge in [-0.25, -0.2) is 0 Å². The van der Waals surface area contributed by atoms with Crippen LogP contribution in [0.25, 0.3) is 0 Å². The van der Waals surface area contributed by atoms with Crippen LogP contribution in [0.2, 0.25) is 0 Å². The van der Waals surface area contributed by atoms with E-state index in [-0.39, 0.29) is 11.8 Å². The maximum atomic E-state index is 12.2. The van der Waals surface area contributed by atoms with Gasteiger partial charge in [-0.3, -0.25) is 14.3 Å². The number of benzene rings is 1. The van der Waals surface area contributed by atoms with Crippen LogP contribution < -0.4 is 10.6 Å². The Morgan fingerprint density at radius 3 is 2.35 bits per heavy atom. The third kappa shape index (κ3) is 4.42. The van der Waals surface area contributed by atoms with Gasteiger partial charge in [0.1, 0.15) is 6.04 Å². The predicted octanol–water partition coefficient (Wildman–Crippen LogP) is 3.07. The standard InChI is InChI=1S/C17H22N4O2/c1-12(21-10-6-9-18-21)15(22)19-13-7-5-8-14(11-13)20-16(23)17(2,3)4/h5-12H,1-4H3,(H,19,22)(H,20,23). The lowest BCUT2D eigenvalue weighted by atomic mass is 9.95. The molecule has 1 heterocycles. The summed E-state index contributed by atoms with van der Waals surface area (Å²) in [6.07, 6.45) is 3.37. The quantitative estimate of drug-likeness (QED) is 0.910. The highest BCUT2D eigenvalue weighted by molar-refractivity contribution is 5.97. The number of anilines is 2. The molecule has 122 valence electrons. The number of nitrogens with zero attached hydrogens (tertiary/aromatic N) is 2. The number of carbonyl (C=O) groups is 2. The van der Waals surface area contributed by atoms with E-state index in [9.17, 15) is 9.59 Å². The van der Waals surface area contributed by atoms with E-state index in [4.69, 9.17) is 0 Å². The second kappa shape index (κ2) is 6.64. The molecule has 1 aromatic carbocycles. The van der Waals surface area contributed by atoms with Crippen LogP contribution in [-0.2, 0) is 9.59 Å². The van der Waals surface area contributed by atoms with Crippen molar-refractivity contribution in [2.24, 2.45) is 5.41 Å². The van der Waals surface area contributed by atoms with Crippen molar-refractivity contribution < 1.29 is 9.59 Å². The molecule has 6 nitrogen and oxygen atoms in total. The summed E-state index contributed by atoms with van der Waals surface area (Å²) in [6, 6.07) is 8.44. The van der Waals surface area contributed by atoms with Crippen molar-refractivity contribution in [2.45, 2.75) is 33.7 Å². The Hall–Kier alpha value is -2.63. The van der Waals surface area contributed by atoms with Gasteiger partial charge in [0.25, 0.3) is 0 Å². The van der Waals surface area contributed by atoms with E-state index in [0.29, 0.717) is 11.4 Å². The Bertz CT molecular complexity index is 687. The molecular formula is C17H22N4O2. The van der Waals surface area contributed by atoms with Gasteiger partial charge in [0.15, 0.2) is 0 Å². The highest BCUT2D eigenvalue weighted by atomic mass is 16.2. The summed E-state index contributed by atoms with van der Waals surface area (Å²) in [6.45, 7) is 7.31. The molecule has 0 saturated carbocycles. The Morgan fingerprint density at radius 1 is 1.13 bits per heavy atom. The zero-order chi connectivity index (χ0) is 17.0. The lowest BCUT2D eigenvalue weighted by molar-refractivity contribution is -0.123. The highest BCUT2D eigenvalue weighted by Crippen LogP contribution is 2.20. The SMILES string of the molecule is CC(C(=O)Nc1cccc(NC(=O)C(C)(C)C)c1)n1cccn1. The molecule has 0 fully saturated rings. The number of hydrogen-bond donors (Lipinski definition) is 2. The van der Waals surface area contributed by atoms with E-state index in [1.807, 2.05) is 20.8 Å². The topological polar surface area (TPSA) is 76.0 Å². The first-order valence-corrected chi connectivity index (χ1v) is 7.49. The molecule has 1 unspecified atom stereocenters. The maximum Gasteiger partial charge on any atom is 0.248 e. The molecule has 0 aliphatic rings. The van der Waals surface area contributed by atoms with Gasteiger partial charge in [-0.1, -0.05) is 26.8 Å². The van der Waals surface area contributed by atoms with Gasteiger partial charge in [-0.2, -0.15) is 5.10 Å². The molecule has 0 spiro atoms. The van der Waals surface area contributed by atoms with Crippen molar-refractivity contribution in [3.8, 4) is 0 Å². The lowest BCUT2D eigenvalue weighted by Crippen LogP contribution is -2.27. The minimum Gasteiger partial charge on any atom is -0.326 e. The van der Waals surface area contributed by atoms with Gasteiger partial charge in [-0.05, 0) is 31.2 Å². The molecule has 23 heavy (non-hydrogen) atoms. The molecule has 0 bridgehead atoms. The van der Waals surface area contributed by atoms with Crippen molar-refractivity contribution in [2.75, 3.05) is 10.6 Å². The zero-order valence-corrected chi connectivity index (χ0v) is 13.8. The summed E-state index contributed by atoms with van der Waals surface area (Å²) in [5, 5.41) is 9.74. The minimum atomic E-state index is -0.478. The molecule has 1 aromatic heterocycles. The van der Waals surface area contributed by atoms with Gasteiger partial charge < -0.3 is 10.6 Å². The number of amides is 2. The largest absolute Gasteiger partial charge is 0.326 e. The fourth-order valence-corrected chi connectivity index (χ4v) is 1.87. The Kier molecular flexibility index (Phi) is 4.83. The molecule has 1 atom stereocenters. The second-order valence-electron chi connectivity index (χ2n) is 6.44. The second-order valence-corrected chi connectivity index (χ2v) is 6.44. The van der Waals surface area contributed by atoms with Crippen molar-refractivity contribution in [1.82, 2.24) is 9.78 Å². The van der Waals surface area contributed by atoms with Gasteiger partial charge in [0.2, 0.25) is 11.8 Å². The molecule has 2 rings (SSSR count).